The van der Waals surface area contributed by atoms with Gasteiger partial charge in [0.1, 0.15) is 0 Å². The first-order chi connectivity index (χ1) is 7.62. The molecule has 1 nitrogen and oxygen atoms in total. The fraction of sp³-hybridized carbons (Fsp3) is 0.571. The first-order valence-electron chi connectivity index (χ1n) is 6.09. The van der Waals surface area contributed by atoms with Gasteiger partial charge in [0.25, 0.3) is 0 Å². The van der Waals surface area contributed by atoms with Crippen LogP contribution in [0.4, 0.5) is 0 Å². The summed E-state index contributed by atoms with van der Waals surface area (Å²) < 4.78 is 1.20. The van der Waals surface area contributed by atoms with Crippen molar-refractivity contribution < 1.29 is 0 Å². The van der Waals surface area contributed by atoms with Crippen LogP contribution in [-0.4, -0.2) is 13.1 Å². The van der Waals surface area contributed by atoms with Gasteiger partial charge in [-0.2, -0.15) is 0 Å². The number of rotatable bonds is 4. The zero-order valence-electron chi connectivity index (χ0n) is 10.1. The summed E-state index contributed by atoms with van der Waals surface area (Å²) in [5.41, 5.74) is 1.88. The van der Waals surface area contributed by atoms with Crippen molar-refractivity contribution >= 4 is 15.9 Å². The number of hydrogen-bond acceptors (Lipinski definition) is 1. The van der Waals surface area contributed by atoms with Crippen molar-refractivity contribution in [3.05, 3.63) is 34.3 Å². The van der Waals surface area contributed by atoms with Gasteiger partial charge in [0, 0.05) is 23.0 Å². The molecule has 0 aliphatic carbocycles. The van der Waals surface area contributed by atoms with Crippen LogP contribution in [0.1, 0.15) is 32.3 Å². The molecule has 0 saturated carbocycles. The van der Waals surface area contributed by atoms with E-state index in [0.29, 0.717) is 5.41 Å². The lowest BCUT2D eigenvalue weighted by atomic mass is 9.71. The van der Waals surface area contributed by atoms with E-state index < -0.39 is 0 Å². The highest BCUT2D eigenvalue weighted by Gasteiger charge is 2.38. The van der Waals surface area contributed by atoms with Gasteiger partial charge >= 0.3 is 0 Å². The Morgan fingerprint density at radius 3 is 2.62 bits per heavy atom. The van der Waals surface area contributed by atoms with E-state index in [1.54, 1.807) is 0 Å². The molecule has 16 heavy (non-hydrogen) atoms. The van der Waals surface area contributed by atoms with Gasteiger partial charge in [0.2, 0.25) is 0 Å². The molecule has 0 amide bonds. The van der Waals surface area contributed by atoms with Gasteiger partial charge in [-0.25, -0.2) is 0 Å². The second-order valence-electron chi connectivity index (χ2n) is 5.33. The van der Waals surface area contributed by atoms with Crippen LogP contribution in [-0.2, 0) is 5.41 Å². The molecule has 0 radical (unpaired) electrons. The molecule has 0 spiro atoms. The molecule has 1 fully saturated rings. The Balaban J connectivity index is 2.14. The zero-order valence-corrected chi connectivity index (χ0v) is 11.7. The summed E-state index contributed by atoms with van der Waals surface area (Å²) in [5, 5.41) is 3.43. The van der Waals surface area contributed by atoms with Crippen LogP contribution in [0.25, 0.3) is 0 Å². The fourth-order valence-electron chi connectivity index (χ4n) is 2.34. The van der Waals surface area contributed by atoms with Crippen LogP contribution < -0.4 is 5.32 Å². The summed E-state index contributed by atoms with van der Waals surface area (Å²) in [6.45, 7) is 6.88. The normalized spacial score (nSPS) is 18.5. The van der Waals surface area contributed by atoms with Gasteiger partial charge in [-0.15, -0.1) is 0 Å². The first kappa shape index (κ1) is 12.1. The largest absolute Gasteiger partial charge is 0.315 e. The highest BCUT2D eigenvalue weighted by molar-refractivity contribution is 9.10. The maximum Gasteiger partial charge on any atom is 0.0203 e. The van der Waals surface area contributed by atoms with Crippen LogP contribution >= 0.6 is 15.9 Å². The van der Waals surface area contributed by atoms with E-state index in [-0.39, 0.29) is 0 Å². The van der Waals surface area contributed by atoms with E-state index in [2.05, 4.69) is 59.4 Å². The number of hydrogen-bond donors (Lipinski definition) is 1. The minimum atomic E-state index is 0.397. The lowest BCUT2D eigenvalue weighted by Gasteiger charge is -2.44. The van der Waals surface area contributed by atoms with E-state index in [4.69, 9.17) is 0 Å². The average Bonchev–Trinajstić information content (AvgIpc) is 2.15. The predicted molar refractivity (Wildman–Crippen MR) is 72.8 cm³/mol. The SMILES string of the molecule is CC(C)CCC1(c2cccc(Br)c2)CNC1. The van der Waals surface area contributed by atoms with E-state index in [0.717, 1.165) is 19.0 Å². The van der Waals surface area contributed by atoms with Crippen molar-refractivity contribution in [3.63, 3.8) is 0 Å². The molecule has 88 valence electrons. The lowest BCUT2D eigenvalue weighted by Crippen LogP contribution is -2.56. The van der Waals surface area contributed by atoms with Crippen molar-refractivity contribution in [2.45, 2.75) is 32.1 Å². The molecular formula is C14H20BrN. The minimum absolute atomic E-state index is 0.397. The molecule has 1 heterocycles. The highest BCUT2D eigenvalue weighted by Crippen LogP contribution is 2.35. The predicted octanol–water partition coefficient (Wildman–Crippen LogP) is 3.73. The zero-order chi connectivity index (χ0) is 11.6. The molecule has 0 unspecified atom stereocenters. The second kappa shape index (κ2) is 4.89. The van der Waals surface area contributed by atoms with Gasteiger partial charge in [0.15, 0.2) is 0 Å². The monoisotopic (exact) mass is 281 g/mol. The standard InChI is InChI=1S/C14H20BrN/c1-11(2)6-7-14(9-16-10-14)12-4-3-5-13(15)8-12/h3-5,8,11,16H,6-7,9-10H2,1-2H3. The molecule has 0 bridgehead atoms. The lowest BCUT2D eigenvalue weighted by molar-refractivity contribution is 0.241. The summed E-state index contributed by atoms with van der Waals surface area (Å²) >= 11 is 3.57. The van der Waals surface area contributed by atoms with Crippen LogP contribution in [0.3, 0.4) is 0 Å². The smallest absolute Gasteiger partial charge is 0.0203 e. The first-order valence-corrected chi connectivity index (χ1v) is 6.88. The summed E-state index contributed by atoms with van der Waals surface area (Å²) in [5.74, 6) is 0.796. The van der Waals surface area contributed by atoms with Gasteiger partial charge in [-0.05, 0) is 30.0 Å². The van der Waals surface area contributed by atoms with E-state index in [9.17, 15) is 0 Å². The maximum absolute atomic E-state index is 3.57. The van der Waals surface area contributed by atoms with E-state index in [1.807, 2.05) is 0 Å². The second-order valence-corrected chi connectivity index (χ2v) is 6.24. The molecule has 0 atom stereocenters. The summed E-state index contributed by atoms with van der Waals surface area (Å²) in [7, 11) is 0. The fourth-order valence-corrected chi connectivity index (χ4v) is 2.73. The van der Waals surface area contributed by atoms with Crippen LogP contribution in [0, 0.1) is 5.92 Å². The average molecular weight is 282 g/mol. The third-order valence-electron chi connectivity index (χ3n) is 3.56. The third-order valence-corrected chi connectivity index (χ3v) is 4.06. The van der Waals surface area contributed by atoms with E-state index >= 15 is 0 Å². The van der Waals surface area contributed by atoms with Crippen LogP contribution in [0.2, 0.25) is 0 Å². The highest BCUT2D eigenvalue weighted by atomic mass is 79.9. The Kier molecular flexibility index (Phi) is 3.70. The summed E-state index contributed by atoms with van der Waals surface area (Å²) in [6, 6.07) is 8.80. The van der Waals surface area contributed by atoms with Crippen LogP contribution in [0.5, 0.6) is 0 Å². The Morgan fingerprint density at radius 1 is 1.38 bits per heavy atom. The van der Waals surface area contributed by atoms with Gasteiger partial charge in [-0.3, -0.25) is 0 Å². The maximum atomic E-state index is 3.57. The molecule has 0 aromatic heterocycles. The van der Waals surface area contributed by atoms with Crippen molar-refractivity contribution in [1.82, 2.24) is 5.32 Å². The Hall–Kier alpha value is -0.340. The number of halogens is 1. The molecule has 1 aliphatic rings. The van der Waals surface area contributed by atoms with Crippen molar-refractivity contribution in [1.29, 1.82) is 0 Å². The Morgan fingerprint density at radius 2 is 2.12 bits per heavy atom. The topological polar surface area (TPSA) is 12.0 Å². The quantitative estimate of drug-likeness (QED) is 0.887. The molecule has 1 aliphatic heterocycles. The molecule has 2 heteroatoms. The number of nitrogens with one attached hydrogen (secondary N) is 1. The molecule has 1 N–H and O–H groups in total. The van der Waals surface area contributed by atoms with Crippen LogP contribution in [0.15, 0.2) is 28.7 Å². The Labute approximate surface area is 107 Å². The van der Waals surface area contributed by atoms with Crippen molar-refractivity contribution in [3.8, 4) is 0 Å². The molecule has 1 aromatic carbocycles. The van der Waals surface area contributed by atoms with Crippen molar-refractivity contribution in [2.75, 3.05) is 13.1 Å². The van der Waals surface area contributed by atoms with Gasteiger partial charge in [-0.1, -0.05) is 48.3 Å². The van der Waals surface area contributed by atoms with Gasteiger partial charge in [0.05, 0.1) is 0 Å². The molecule has 1 aromatic rings. The number of benzene rings is 1. The van der Waals surface area contributed by atoms with Gasteiger partial charge < -0.3 is 5.32 Å². The Bertz CT molecular complexity index is 356. The molecular weight excluding hydrogens is 262 g/mol. The third kappa shape index (κ3) is 2.49. The summed E-state index contributed by atoms with van der Waals surface area (Å²) in [4.78, 5) is 0. The van der Waals surface area contributed by atoms with Crippen molar-refractivity contribution in [2.24, 2.45) is 5.92 Å². The molecule has 1 saturated heterocycles. The van der Waals surface area contributed by atoms with E-state index in [1.165, 1.54) is 22.9 Å². The molecule has 2 rings (SSSR count). The minimum Gasteiger partial charge on any atom is -0.315 e. The summed E-state index contributed by atoms with van der Waals surface area (Å²) in [6.07, 6.45) is 2.61.